The molecule has 1 aliphatic heterocycles. The van der Waals surface area contributed by atoms with Crippen molar-refractivity contribution in [3.8, 4) is 17.1 Å². The lowest BCUT2D eigenvalue weighted by Crippen LogP contribution is -2.41. The number of ether oxygens (including phenoxy) is 1. The van der Waals surface area contributed by atoms with Crippen LogP contribution in [0.1, 0.15) is 39.5 Å². The van der Waals surface area contributed by atoms with Gasteiger partial charge in [-0.05, 0) is 61.9 Å². The van der Waals surface area contributed by atoms with Crippen LogP contribution in [0.4, 0.5) is 17.6 Å². The normalized spacial score (nSPS) is 21.9. The van der Waals surface area contributed by atoms with Gasteiger partial charge in [-0.15, -0.1) is 11.3 Å². The van der Waals surface area contributed by atoms with Crippen LogP contribution in [0.25, 0.3) is 11.3 Å². The summed E-state index contributed by atoms with van der Waals surface area (Å²) in [7, 11) is 0. The zero-order valence-corrected chi connectivity index (χ0v) is 19.7. The third-order valence-electron chi connectivity index (χ3n) is 6.82. The van der Waals surface area contributed by atoms with Gasteiger partial charge in [0.2, 0.25) is 5.88 Å². The zero-order chi connectivity index (χ0) is 24.7. The van der Waals surface area contributed by atoms with Crippen LogP contribution in [0.15, 0.2) is 42.6 Å². The molecule has 1 amide bonds. The van der Waals surface area contributed by atoms with Gasteiger partial charge in [0.15, 0.2) is 0 Å². The van der Waals surface area contributed by atoms with Crippen LogP contribution in [0.2, 0.25) is 0 Å². The Morgan fingerprint density at radius 2 is 1.94 bits per heavy atom. The van der Waals surface area contributed by atoms with E-state index in [-0.39, 0.29) is 36.2 Å². The molecule has 0 N–H and O–H groups in total. The van der Waals surface area contributed by atoms with Gasteiger partial charge < -0.3 is 9.64 Å². The Hall–Kier alpha value is -3.01. The van der Waals surface area contributed by atoms with Gasteiger partial charge >= 0.3 is 6.18 Å². The largest absolute Gasteiger partial charge is 0.475 e. The Bertz CT molecular complexity index is 1210. The van der Waals surface area contributed by atoms with Crippen molar-refractivity contribution < 1.29 is 27.1 Å². The summed E-state index contributed by atoms with van der Waals surface area (Å²) in [5, 5.41) is 0.730. The Kier molecular flexibility index (Phi) is 6.25. The molecule has 2 aliphatic rings. The van der Waals surface area contributed by atoms with Crippen LogP contribution in [0, 0.1) is 24.6 Å². The molecule has 5 nitrogen and oxygen atoms in total. The molecule has 1 aromatic carbocycles. The molecular weight excluding hydrogens is 482 g/mol. The standard InChI is InChI=1S/C25H23F4N3O2S/c1-14-31-22(15-5-8-18(26)9-6-15)23(35-14)24(33)32-12-16-3-2-4-19(16)20(32)13-34-21-10-7-17(11-30-21)25(27,28)29/h5-11,16,19-20H,2-4,12-13H2,1H3/t16-,19-,20+/m1/s1. The van der Waals surface area contributed by atoms with E-state index in [0.29, 0.717) is 28.6 Å². The number of halogens is 4. The molecule has 5 rings (SSSR count). The lowest BCUT2D eigenvalue weighted by molar-refractivity contribution is -0.137. The van der Waals surface area contributed by atoms with Crippen molar-refractivity contribution in [3.63, 3.8) is 0 Å². The predicted molar refractivity (Wildman–Crippen MR) is 123 cm³/mol. The minimum absolute atomic E-state index is 0.0903. The van der Waals surface area contributed by atoms with Gasteiger partial charge in [-0.1, -0.05) is 6.42 Å². The fourth-order valence-corrected chi connectivity index (χ4v) is 6.07. The van der Waals surface area contributed by atoms with Gasteiger partial charge in [0.05, 0.1) is 22.3 Å². The number of benzene rings is 1. The number of carbonyl (C=O) groups excluding carboxylic acids is 1. The number of hydrogen-bond donors (Lipinski definition) is 0. The highest BCUT2D eigenvalue weighted by Gasteiger charge is 2.47. The van der Waals surface area contributed by atoms with E-state index in [1.807, 2.05) is 11.8 Å². The highest BCUT2D eigenvalue weighted by Crippen LogP contribution is 2.44. The second-order valence-electron chi connectivity index (χ2n) is 8.99. The van der Waals surface area contributed by atoms with Crippen molar-refractivity contribution >= 4 is 17.2 Å². The molecule has 0 unspecified atom stereocenters. The van der Waals surface area contributed by atoms with Crippen molar-refractivity contribution in [2.75, 3.05) is 13.2 Å². The van der Waals surface area contributed by atoms with E-state index in [1.165, 1.54) is 29.5 Å². The molecule has 184 valence electrons. The van der Waals surface area contributed by atoms with E-state index in [1.54, 1.807) is 12.1 Å². The number of alkyl halides is 3. The van der Waals surface area contributed by atoms with E-state index >= 15 is 0 Å². The molecule has 0 bridgehead atoms. The molecule has 0 radical (unpaired) electrons. The van der Waals surface area contributed by atoms with Crippen LogP contribution in [0.5, 0.6) is 5.88 Å². The fourth-order valence-electron chi connectivity index (χ4n) is 5.17. The lowest BCUT2D eigenvalue weighted by atomic mass is 9.94. The number of fused-ring (bicyclic) bond motifs is 1. The van der Waals surface area contributed by atoms with E-state index in [9.17, 15) is 22.4 Å². The zero-order valence-electron chi connectivity index (χ0n) is 18.9. The molecule has 35 heavy (non-hydrogen) atoms. The summed E-state index contributed by atoms with van der Waals surface area (Å²) in [6, 6.07) is 7.82. The van der Waals surface area contributed by atoms with Gasteiger partial charge in [-0.25, -0.2) is 14.4 Å². The first-order valence-electron chi connectivity index (χ1n) is 11.4. The Balaban J connectivity index is 1.38. The van der Waals surface area contributed by atoms with E-state index in [4.69, 9.17) is 4.74 Å². The molecule has 1 aliphatic carbocycles. The molecule has 1 saturated heterocycles. The minimum atomic E-state index is -4.47. The van der Waals surface area contributed by atoms with Crippen LogP contribution in [0.3, 0.4) is 0 Å². The first-order chi connectivity index (χ1) is 16.7. The van der Waals surface area contributed by atoms with Gasteiger partial charge in [-0.3, -0.25) is 4.79 Å². The molecule has 10 heteroatoms. The first-order valence-corrected chi connectivity index (χ1v) is 12.2. The quantitative estimate of drug-likeness (QED) is 0.400. The molecule has 3 heterocycles. The number of aryl methyl sites for hydroxylation is 1. The van der Waals surface area contributed by atoms with Crippen LogP contribution >= 0.6 is 11.3 Å². The number of hydrogen-bond acceptors (Lipinski definition) is 5. The number of carbonyl (C=O) groups is 1. The third kappa shape index (κ3) is 4.76. The summed E-state index contributed by atoms with van der Waals surface area (Å²) < 4.78 is 57.7. The second kappa shape index (κ2) is 9.22. The second-order valence-corrected chi connectivity index (χ2v) is 10.2. The van der Waals surface area contributed by atoms with Gasteiger partial charge in [-0.2, -0.15) is 13.2 Å². The number of nitrogens with zero attached hydrogens (tertiary/aromatic N) is 3. The molecular formula is C25H23F4N3O2S. The minimum Gasteiger partial charge on any atom is -0.475 e. The van der Waals surface area contributed by atoms with Crippen molar-refractivity contribution in [1.82, 2.24) is 14.9 Å². The van der Waals surface area contributed by atoms with Gasteiger partial charge in [0.25, 0.3) is 5.91 Å². The SMILES string of the molecule is Cc1nc(-c2ccc(F)cc2)c(C(=O)N2C[C@H]3CCC[C@H]3[C@@H]2COc2ccc(C(F)(F)F)cn2)s1. The molecule has 0 spiro atoms. The fraction of sp³-hybridized carbons (Fsp3) is 0.400. The third-order valence-corrected chi connectivity index (χ3v) is 7.77. The van der Waals surface area contributed by atoms with Crippen LogP contribution in [-0.4, -0.2) is 40.0 Å². The topological polar surface area (TPSA) is 55.3 Å². The molecule has 2 fully saturated rings. The monoisotopic (exact) mass is 505 g/mol. The number of aromatic nitrogens is 2. The van der Waals surface area contributed by atoms with E-state index < -0.39 is 11.7 Å². The number of amides is 1. The summed E-state index contributed by atoms with van der Waals surface area (Å²) in [6.07, 6.45) is -0.648. The summed E-state index contributed by atoms with van der Waals surface area (Å²) in [5.74, 6) is 0.189. The number of pyridine rings is 1. The molecule has 3 atom stereocenters. The summed E-state index contributed by atoms with van der Waals surface area (Å²) in [4.78, 5) is 24.4. The van der Waals surface area contributed by atoms with Crippen molar-refractivity contribution in [3.05, 3.63) is 63.9 Å². The molecule has 2 aromatic heterocycles. The van der Waals surface area contributed by atoms with E-state index in [0.717, 1.165) is 36.5 Å². The van der Waals surface area contributed by atoms with Crippen LogP contribution in [-0.2, 0) is 6.18 Å². The highest BCUT2D eigenvalue weighted by molar-refractivity contribution is 7.14. The predicted octanol–water partition coefficient (Wildman–Crippen LogP) is 5.99. The smallest absolute Gasteiger partial charge is 0.417 e. The van der Waals surface area contributed by atoms with Crippen molar-refractivity contribution in [2.45, 2.75) is 38.4 Å². The van der Waals surface area contributed by atoms with E-state index in [2.05, 4.69) is 9.97 Å². The number of likely N-dealkylation sites (tertiary alicyclic amines) is 1. The van der Waals surface area contributed by atoms with Gasteiger partial charge in [0, 0.05) is 24.4 Å². The average molecular weight is 506 g/mol. The number of thiazole rings is 1. The van der Waals surface area contributed by atoms with Crippen LogP contribution < -0.4 is 4.74 Å². The maximum Gasteiger partial charge on any atom is 0.417 e. The Morgan fingerprint density at radius 3 is 2.63 bits per heavy atom. The Labute approximate surface area is 203 Å². The lowest BCUT2D eigenvalue weighted by Gasteiger charge is -2.27. The average Bonchev–Trinajstić information content (AvgIpc) is 3.52. The van der Waals surface area contributed by atoms with Crippen molar-refractivity contribution in [2.24, 2.45) is 11.8 Å². The maximum atomic E-state index is 13.8. The van der Waals surface area contributed by atoms with Gasteiger partial charge in [0.1, 0.15) is 17.3 Å². The highest BCUT2D eigenvalue weighted by atomic mass is 32.1. The Morgan fingerprint density at radius 1 is 1.17 bits per heavy atom. The first kappa shape index (κ1) is 23.7. The molecule has 1 saturated carbocycles. The summed E-state index contributed by atoms with van der Waals surface area (Å²) in [6.45, 7) is 2.57. The van der Waals surface area contributed by atoms with Crippen molar-refractivity contribution in [1.29, 1.82) is 0 Å². The summed E-state index contributed by atoms with van der Waals surface area (Å²) in [5.41, 5.74) is 0.353. The summed E-state index contributed by atoms with van der Waals surface area (Å²) >= 11 is 1.30. The molecule has 3 aromatic rings. The number of rotatable bonds is 5. The maximum absolute atomic E-state index is 13.8.